The predicted octanol–water partition coefficient (Wildman–Crippen LogP) is 1.15. The first-order chi connectivity index (χ1) is 10.1. The van der Waals surface area contributed by atoms with Gasteiger partial charge >= 0.3 is 0 Å². The first-order valence-electron chi connectivity index (χ1n) is 6.93. The molecule has 0 aromatic heterocycles. The van der Waals surface area contributed by atoms with Crippen molar-refractivity contribution < 1.29 is 19.0 Å². The monoisotopic (exact) mass is 294 g/mol. The highest BCUT2D eigenvalue weighted by Gasteiger charge is 2.24. The van der Waals surface area contributed by atoms with Crippen LogP contribution in [0, 0.1) is 0 Å². The molecule has 0 aliphatic carbocycles. The minimum atomic E-state index is -0.0254. The Hall–Kier alpha value is -1.95. The fourth-order valence-electron chi connectivity index (χ4n) is 2.50. The number of nitrogens with zero attached hydrogens (tertiary/aromatic N) is 1. The first-order valence-corrected chi connectivity index (χ1v) is 6.93. The van der Waals surface area contributed by atoms with E-state index >= 15 is 0 Å². The van der Waals surface area contributed by atoms with Crippen molar-refractivity contribution in [1.29, 1.82) is 0 Å². The third-order valence-corrected chi connectivity index (χ3v) is 3.57. The minimum Gasteiger partial charge on any atom is -0.493 e. The summed E-state index contributed by atoms with van der Waals surface area (Å²) in [6, 6.07) is 3.68. The zero-order valence-electron chi connectivity index (χ0n) is 12.9. The number of piperazine rings is 1. The van der Waals surface area contributed by atoms with Crippen molar-refractivity contribution in [2.75, 3.05) is 41.0 Å². The van der Waals surface area contributed by atoms with Crippen LogP contribution in [0.3, 0.4) is 0 Å². The summed E-state index contributed by atoms with van der Waals surface area (Å²) in [4.78, 5) is 14.5. The van der Waals surface area contributed by atoms with Gasteiger partial charge in [-0.3, -0.25) is 4.79 Å². The normalized spacial score (nSPS) is 18.3. The number of rotatable bonds is 4. The molecule has 0 bridgehead atoms. The van der Waals surface area contributed by atoms with Crippen molar-refractivity contribution >= 4 is 5.91 Å². The van der Waals surface area contributed by atoms with Crippen molar-refractivity contribution in [3.05, 3.63) is 17.7 Å². The van der Waals surface area contributed by atoms with Gasteiger partial charge in [0.25, 0.3) is 5.91 Å². The summed E-state index contributed by atoms with van der Waals surface area (Å²) in [5.41, 5.74) is 0.540. The van der Waals surface area contributed by atoms with Gasteiger partial charge in [-0.05, 0) is 19.1 Å². The molecule has 1 N–H and O–H groups in total. The van der Waals surface area contributed by atoms with E-state index < -0.39 is 0 Å². The molecule has 0 unspecified atom stereocenters. The Morgan fingerprint density at radius 1 is 1.19 bits per heavy atom. The molecule has 1 aliphatic heterocycles. The van der Waals surface area contributed by atoms with Crippen LogP contribution >= 0.6 is 0 Å². The lowest BCUT2D eigenvalue weighted by Gasteiger charge is -2.32. The van der Waals surface area contributed by atoms with Crippen LogP contribution in [-0.4, -0.2) is 57.8 Å². The molecule has 0 saturated carbocycles. The SMILES string of the molecule is COc1cc(C(=O)N2CCN[C@H](C)C2)cc(OC)c1OC. The summed E-state index contributed by atoms with van der Waals surface area (Å²) in [7, 11) is 4.62. The molecule has 0 radical (unpaired) electrons. The number of carbonyl (C=O) groups is 1. The average Bonchev–Trinajstić information content (AvgIpc) is 2.52. The van der Waals surface area contributed by atoms with E-state index in [2.05, 4.69) is 12.2 Å². The van der Waals surface area contributed by atoms with Crippen LogP contribution in [0.15, 0.2) is 12.1 Å². The zero-order valence-corrected chi connectivity index (χ0v) is 12.9. The van der Waals surface area contributed by atoms with Crippen molar-refractivity contribution in [3.8, 4) is 17.2 Å². The molecule has 1 amide bonds. The van der Waals surface area contributed by atoms with Gasteiger partial charge in [0.05, 0.1) is 21.3 Å². The van der Waals surface area contributed by atoms with Gasteiger partial charge in [0.1, 0.15) is 0 Å². The van der Waals surface area contributed by atoms with Gasteiger partial charge in [0, 0.05) is 31.2 Å². The fraction of sp³-hybridized carbons (Fsp3) is 0.533. The Kier molecular flexibility index (Phi) is 4.90. The van der Waals surface area contributed by atoms with Crippen LogP contribution in [0.25, 0.3) is 0 Å². The summed E-state index contributed by atoms with van der Waals surface area (Å²) in [5.74, 6) is 1.44. The number of ether oxygens (including phenoxy) is 3. The Morgan fingerprint density at radius 3 is 2.29 bits per heavy atom. The Morgan fingerprint density at radius 2 is 1.81 bits per heavy atom. The molecule has 1 saturated heterocycles. The van der Waals surface area contributed by atoms with Gasteiger partial charge in [0.15, 0.2) is 11.5 Å². The highest BCUT2D eigenvalue weighted by Crippen LogP contribution is 2.38. The number of amides is 1. The molecular weight excluding hydrogens is 272 g/mol. The second-order valence-corrected chi connectivity index (χ2v) is 5.02. The standard InChI is InChI=1S/C15H22N2O4/c1-10-9-17(6-5-16-10)15(18)11-7-12(19-2)14(21-4)13(8-11)20-3/h7-8,10,16H,5-6,9H2,1-4H3/t10-/m1/s1. The Bertz CT molecular complexity index is 493. The number of hydrogen-bond acceptors (Lipinski definition) is 5. The lowest BCUT2D eigenvalue weighted by atomic mass is 10.1. The maximum absolute atomic E-state index is 12.6. The molecule has 2 rings (SSSR count). The molecule has 21 heavy (non-hydrogen) atoms. The van der Waals surface area contributed by atoms with E-state index in [9.17, 15) is 4.79 Å². The molecule has 6 heteroatoms. The van der Waals surface area contributed by atoms with Gasteiger partial charge in [0.2, 0.25) is 5.75 Å². The summed E-state index contributed by atoms with van der Waals surface area (Å²) in [6.45, 7) is 4.25. The summed E-state index contributed by atoms with van der Waals surface area (Å²) >= 11 is 0. The number of carbonyl (C=O) groups excluding carboxylic acids is 1. The minimum absolute atomic E-state index is 0.0254. The number of methoxy groups -OCH3 is 3. The summed E-state index contributed by atoms with van der Waals surface area (Å²) < 4.78 is 15.9. The first kappa shape index (κ1) is 15.4. The Labute approximate surface area is 125 Å². The summed E-state index contributed by atoms with van der Waals surface area (Å²) in [6.07, 6.45) is 0. The van der Waals surface area contributed by atoms with Crippen molar-refractivity contribution in [1.82, 2.24) is 10.2 Å². The molecule has 1 fully saturated rings. The van der Waals surface area contributed by atoms with Crippen LogP contribution in [-0.2, 0) is 0 Å². The van der Waals surface area contributed by atoms with E-state index in [1.165, 1.54) is 0 Å². The van der Waals surface area contributed by atoms with Gasteiger partial charge in [-0.1, -0.05) is 0 Å². The molecule has 6 nitrogen and oxygen atoms in total. The number of hydrogen-bond donors (Lipinski definition) is 1. The number of benzene rings is 1. The zero-order chi connectivity index (χ0) is 15.4. The predicted molar refractivity (Wildman–Crippen MR) is 79.5 cm³/mol. The topological polar surface area (TPSA) is 60.0 Å². The van der Waals surface area contributed by atoms with Gasteiger partial charge in [-0.15, -0.1) is 0 Å². The average molecular weight is 294 g/mol. The van der Waals surface area contributed by atoms with Crippen LogP contribution in [0.1, 0.15) is 17.3 Å². The van der Waals surface area contributed by atoms with E-state index in [0.717, 1.165) is 6.54 Å². The molecule has 116 valence electrons. The van der Waals surface area contributed by atoms with Crippen LogP contribution in [0.5, 0.6) is 17.2 Å². The molecule has 1 heterocycles. The lowest BCUT2D eigenvalue weighted by molar-refractivity contribution is 0.0708. The third-order valence-electron chi connectivity index (χ3n) is 3.57. The smallest absolute Gasteiger partial charge is 0.254 e. The van der Waals surface area contributed by atoms with E-state index in [4.69, 9.17) is 14.2 Å². The van der Waals surface area contributed by atoms with E-state index in [1.807, 2.05) is 4.90 Å². The lowest BCUT2D eigenvalue weighted by Crippen LogP contribution is -2.51. The quantitative estimate of drug-likeness (QED) is 0.902. The largest absolute Gasteiger partial charge is 0.493 e. The third kappa shape index (κ3) is 3.21. The summed E-state index contributed by atoms with van der Waals surface area (Å²) in [5, 5.41) is 3.32. The molecular formula is C15H22N2O4. The second-order valence-electron chi connectivity index (χ2n) is 5.02. The van der Waals surface area contributed by atoms with Crippen LogP contribution in [0.4, 0.5) is 0 Å². The Balaban J connectivity index is 2.32. The van der Waals surface area contributed by atoms with Gasteiger partial charge in [-0.25, -0.2) is 0 Å². The van der Waals surface area contributed by atoms with Crippen molar-refractivity contribution in [3.63, 3.8) is 0 Å². The highest BCUT2D eigenvalue weighted by atomic mass is 16.5. The van der Waals surface area contributed by atoms with Gasteiger partial charge < -0.3 is 24.4 Å². The highest BCUT2D eigenvalue weighted by molar-refractivity contribution is 5.95. The molecule has 1 aromatic carbocycles. The fourth-order valence-corrected chi connectivity index (χ4v) is 2.50. The van der Waals surface area contributed by atoms with Crippen LogP contribution in [0.2, 0.25) is 0 Å². The maximum atomic E-state index is 12.6. The molecule has 1 aliphatic rings. The van der Waals surface area contributed by atoms with E-state index in [0.29, 0.717) is 41.9 Å². The molecule has 0 spiro atoms. The molecule has 1 aromatic rings. The van der Waals surface area contributed by atoms with E-state index in [1.54, 1.807) is 33.5 Å². The van der Waals surface area contributed by atoms with Gasteiger partial charge in [-0.2, -0.15) is 0 Å². The maximum Gasteiger partial charge on any atom is 0.254 e. The molecule has 1 atom stereocenters. The van der Waals surface area contributed by atoms with Crippen molar-refractivity contribution in [2.24, 2.45) is 0 Å². The van der Waals surface area contributed by atoms with Crippen LogP contribution < -0.4 is 19.5 Å². The van der Waals surface area contributed by atoms with E-state index in [-0.39, 0.29) is 5.91 Å². The second kappa shape index (κ2) is 6.67. The number of nitrogens with one attached hydrogen (secondary N) is 1. The van der Waals surface area contributed by atoms with Crippen molar-refractivity contribution in [2.45, 2.75) is 13.0 Å².